The third kappa shape index (κ3) is 6.66. The van der Waals surface area contributed by atoms with E-state index in [1.807, 2.05) is 0 Å². The smallest absolute Gasteiger partial charge is 0.264 e. The molecule has 0 heterocycles. The van der Waals surface area contributed by atoms with E-state index in [2.05, 4.69) is 0 Å². The average molecular weight is 519 g/mol. The molecule has 0 saturated carbocycles. The maximum atomic E-state index is 13.4. The van der Waals surface area contributed by atoms with Gasteiger partial charge in [0.1, 0.15) is 24.2 Å². The molecule has 1 N–H and O–H groups in total. The van der Waals surface area contributed by atoms with Crippen LogP contribution in [0.15, 0.2) is 77.7 Å². The van der Waals surface area contributed by atoms with Gasteiger partial charge < -0.3 is 19.5 Å². The summed E-state index contributed by atoms with van der Waals surface area (Å²) in [7, 11) is -0.831. The van der Waals surface area contributed by atoms with E-state index in [-0.39, 0.29) is 24.0 Å². The van der Waals surface area contributed by atoms with Crippen LogP contribution in [0.2, 0.25) is 5.02 Å². The van der Waals surface area contributed by atoms with Gasteiger partial charge in [0, 0.05) is 24.7 Å². The van der Waals surface area contributed by atoms with Crippen LogP contribution in [0.4, 0.5) is 11.4 Å². The Labute approximate surface area is 210 Å². The van der Waals surface area contributed by atoms with Crippen molar-refractivity contribution < 1.29 is 27.8 Å². The Morgan fingerprint density at radius 1 is 0.943 bits per heavy atom. The number of anilines is 2. The highest BCUT2D eigenvalue weighted by Gasteiger charge is 2.27. The highest BCUT2D eigenvalue weighted by molar-refractivity contribution is 7.92. The predicted molar refractivity (Wildman–Crippen MR) is 136 cm³/mol. The monoisotopic (exact) mass is 518 g/mol. The van der Waals surface area contributed by atoms with E-state index in [0.29, 0.717) is 27.9 Å². The van der Waals surface area contributed by atoms with Gasteiger partial charge in [-0.3, -0.25) is 9.10 Å². The number of ether oxygens (including phenoxy) is 2. The number of hydrogen-bond acceptors (Lipinski definition) is 6. The summed E-state index contributed by atoms with van der Waals surface area (Å²) in [5, 5.41) is 11.1. The Balaban J connectivity index is 1.77. The van der Waals surface area contributed by atoms with Gasteiger partial charge in [-0.2, -0.15) is 0 Å². The third-order valence-corrected chi connectivity index (χ3v) is 7.34. The highest BCUT2D eigenvalue weighted by atomic mass is 35.5. The molecule has 0 aromatic heterocycles. The van der Waals surface area contributed by atoms with Crippen molar-refractivity contribution in [2.45, 2.75) is 17.9 Å². The zero-order valence-corrected chi connectivity index (χ0v) is 21.2. The molecule has 0 saturated heterocycles. The van der Waals surface area contributed by atoms with Gasteiger partial charge in [0.2, 0.25) is 5.91 Å². The fourth-order valence-corrected chi connectivity index (χ4v) is 4.84. The van der Waals surface area contributed by atoms with Crippen molar-refractivity contribution in [3.63, 3.8) is 0 Å². The molecule has 0 aliphatic heterocycles. The number of hydrogen-bond donors (Lipinski definition) is 1. The molecule has 3 aromatic carbocycles. The van der Waals surface area contributed by atoms with Crippen molar-refractivity contribution in [2.75, 3.05) is 36.5 Å². The fourth-order valence-electron chi connectivity index (χ4n) is 3.21. The van der Waals surface area contributed by atoms with E-state index in [1.54, 1.807) is 55.6 Å². The maximum absolute atomic E-state index is 13.4. The zero-order valence-electron chi connectivity index (χ0n) is 19.6. The van der Waals surface area contributed by atoms with Gasteiger partial charge in [0.25, 0.3) is 10.0 Å². The summed E-state index contributed by atoms with van der Waals surface area (Å²) >= 11 is 5.92. The average Bonchev–Trinajstić information content (AvgIpc) is 2.86. The first-order valence-corrected chi connectivity index (χ1v) is 12.5. The molecule has 1 amide bonds. The van der Waals surface area contributed by atoms with Gasteiger partial charge in [0.15, 0.2) is 0 Å². The van der Waals surface area contributed by atoms with E-state index < -0.39 is 16.1 Å². The Morgan fingerprint density at radius 3 is 2.03 bits per heavy atom. The molecule has 0 radical (unpaired) electrons. The van der Waals surface area contributed by atoms with Gasteiger partial charge in [-0.1, -0.05) is 11.6 Å². The molecule has 0 aliphatic rings. The van der Waals surface area contributed by atoms with Crippen molar-refractivity contribution in [1.82, 2.24) is 0 Å². The first-order valence-electron chi connectivity index (χ1n) is 10.7. The molecule has 0 bridgehead atoms. The second kappa shape index (κ2) is 11.4. The number of halogens is 1. The van der Waals surface area contributed by atoms with Gasteiger partial charge in [-0.05, 0) is 72.8 Å². The molecular formula is C25H27ClN2O6S. The van der Waals surface area contributed by atoms with Gasteiger partial charge >= 0.3 is 0 Å². The van der Waals surface area contributed by atoms with Gasteiger partial charge in [0.05, 0.1) is 24.2 Å². The summed E-state index contributed by atoms with van der Waals surface area (Å²) in [6.07, 6.45) is -1.14. The van der Waals surface area contributed by atoms with Crippen molar-refractivity contribution in [2.24, 2.45) is 0 Å². The molecule has 0 unspecified atom stereocenters. The topological polar surface area (TPSA) is 96.4 Å². The molecule has 186 valence electrons. The first kappa shape index (κ1) is 26.3. The normalized spacial score (nSPS) is 12.0. The van der Waals surface area contributed by atoms with E-state index >= 15 is 0 Å². The lowest BCUT2D eigenvalue weighted by Gasteiger charge is -2.27. The Morgan fingerprint density at radius 2 is 1.49 bits per heavy atom. The lowest BCUT2D eigenvalue weighted by atomic mass is 10.2. The fraction of sp³-hybridized carbons (Fsp3) is 0.240. The Bertz CT molecular complexity index is 1230. The van der Waals surface area contributed by atoms with Crippen LogP contribution in [-0.2, 0) is 14.8 Å². The predicted octanol–water partition coefficient (Wildman–Crippen LogP) is 3.97. The van der Waals surface area contributed by atoms with Crippen LogP contribution in [0.1, 0.15) is 6.92 Å². The number of carbonyl (C=O) groups is 1. The number of amides is 1. The van der Waals surface area contributed by atoms with Crippen LogP contribution in [0.25, 0.3) is 0 Å². The maximum Gasteiger partial charge on any atom is 0.264 e. The van der Waals surface area contributed by atoms with Crippen molar-refractivity contribution in [3.05, 3.63) is 77.8 Å². The second-order valence-corrected chi connectivity index (χ2v) is 10.0. The first-order chi connectivity index (χ1) is 16.6. The number of carbonyl (C=O) groups excluding carboxylic acids is 1. The summed E-state index contributed by atoms with van der Waals surface area (Å²) in [6, 6.07) is 19.1. The van der Waals surface area contributed by atoms with Gasteiger partial charge in [-0.15, -0.1) is 0 Å². The Kier molecular flexibility index (Phi) is 8.61. The van der Waals surface area contributed by atoms with Crippen molar-refractivity contribution >= 4 is 38.9 Å². The third-order valence-electron chi connectivity index (χ3n) is 5.28. The van der Waals surface area contributed by atoms with E-state index in [1.165, 1.54) is 43.2 Å². The minimum atomic E-state index is -4.01. The largest absolute Gasteiger partial charge is 0.497 e. The number of benzene rings is 3. The second-order valence-electron chi connectivity index (χ2n) is 7.72. The highest BCUT2D eigenvalue weighted by Crippen LogP contribution is 2.27. The molecule has 0 fully saturated rings. The molecule has 35 heavy (non-hydrogen) atoms. The number of nitrogens with zero attached hydrogens (tertiary/aromatic N) is 2. The summed E-state index contributed by atoms with van der Waals surface area (Å²) in [4.78, 5) is 13.0. The van der Waals surface area contributed by atoms with Crippen LogP contribution < -0.4 is 18.7 Å². The minimum Gasteiger partial charge on any atom is -0.497 e. The molecule has 0 spiro atoms. The van der Waals surface area contributed by atoms with Crippen LogP contribution in [0.3, 0.4) is 0 Å². The molecule has 8 nitrogen and oxygen atoms in total. The lowest BCUT2D eigenvalue weighted by molar-refractivity contribution is -0.116. The molecule has 3 aromatic rings. The summed E-state index contributed by atoms with van der Waals surface area (Å²) < 4.78 is 38.8. The summed E-state index contributed by atoms with van der Waals surface area (Å²) in [5.41, 5.74) is 1.06. The van der Waals surface area contributed by atoms with E-state index in [4.69, 9.17) is 21.1 Å². The standard InChI is InChI=1S/C25H27ClN2O6S/c1-18(29)27(2)20-6-12-24(13-7-20)34-17-22(30)16-28(21-8-10-23(33-3)11-9-21)35(31,32)25-14-4-19(26)5-15-25/h4-15,22,30H,16-17H2,1-3H3/t22-/m0/s1. The van der Waals surface area contributed by atoms with Gasteiger partial charge in [-0.25, -0.2) is 8.42 Å². The number of methoxy groups -OCH3 is 1. The number of rotatable bonds is 10. The molecule has 3 rings (SSSR count). The molecular weight excluding hydrogens is 492 g/mol. The van der Waals surface area contributed by atoms with Crippen LogP contribution in [0, 0.1) is 0 Å². The summed E-state index contributed by atoms with van der Waals surface area (Å²) in [6.45, 7) is 1.07. The molecule has 10 heteroatoms. The van der Waals surface area contributed by atoms with Crippen LogP contribution in [-0.4, -0.2) is 52.8 Å². The van der Waals surface area contributed by atoms with Crippen LogP contribution in [0.5, 0.6) is 11.5 Å². The number of sulfonamides is 1. The number of aliphatic hydroxyl groups is 1. The minimum absolute atomic E-state index is 0.0380. The lowest BCUT2D eigenvalue weighted by Crippen LogP contribution is -2.39. The molecule has 0 aliphatic carbocycles. The number of aliphatic hydroxyl groups excluding tert-OH is 1. The zero-order chi connectivity index (χ0) is 25.6. The molecule has 1 atom stereocenters. The summed E-state index contributed by atoms with van der Waals surface area (Å²) in [5.74, 6) is 0.941. The van der Waals surface area contributed by atoms with Crippen LogP contribution >= 0.6 is 11.6 Å². The van der Waals surface area contributed by atoms with Crippen molar-refractivity contribution in [3.8, 4) is 11.5 Å². The SMILES string of the molecule is COc1ccc(N(C[C@H](O)COc2ccc(N(C)C(C)=O)cc2)S(=O)(=O)c2ccc(Cl)cc2)cc1. The Hall–Kier alpha value is -3.27. The van der Waals surface area contributed by atoms with E-state index in [0.717, 1.165) is 4.31 Å². The van der Waals surface area contributed by atoms with Crippen molar-refractivity contribution in [1.29, 1.82) is 0 Å². The quantitative estimate of drug-likeness (QED) is 0.436. The van der Waals surface area contributed by atoms with E-state index in [9.17, 15) is 18.3 Å².